The first kappa shape index (κ1) is 22.7. The van der Waals surface area contributed by atoms with E-state index >= 15 is 0 Å². The van der Waals surface area contributed by atoms with Crippen LogP contribution in [-0.4, -0.2) is 59.0 Å². The number of aryl methyl sites for hydroxylation is 3. The molecular weight excluding hydrogens is 412 g/mol. The summed E-state index contributed by atoms with van der Waals surface area (Å²) in [6, 6.07) is 0. The molecule has 30 heavy (non-hydrogen) atoms. The summed E-state index contributed by atoms with van der Waals surface area (Å²) in [6.07, 6.45) is 5.96. The Bertz CT molecular complexity index is 959. The molecule has 1 fully saturated rings. The molecule has 3 rings (SSSR count). The third kappa shape index (κ3) is 5.19. The maximum Gasteiger partial charge on any atom is 0.331 e. The van der Waals surface area contributed by atoms with E-state index in [9.17, 15) is 24.2 Å². The smallest absolute Gasteiger partial charge is 0.331 e. The van der Waals surface area contributed by atoms with Gasteiger partial charge in [-0.2, -0.15) is 0 Å². The number of aliphatic hydroxyl groups is 2. The van der Waals surface area contributed by atoms with Crippen LogP contribution >= 0.6 is 11.8 Å². The predicted octanol–water partition coefficient (Wildman–Crippen LogP) is 0.650. The van der Waals surface area contributed by atoms with Crippen LogP contribution in [0.3, 0.4) is 0 Å². The second kappa shape index (κ2) is 10.4. The number of alkyl halides is 1. The van der Waals surface area contributed by atoms with Crippen LogP contribution in [0, 0.1) is 6.92 Å². The molecule has 0 spiro atoms. The third-order valence-corrected chi connectivity index (χ3v) is 6.82. The molecule has 3 heterocycles. The number of nitrogens with zero attached hydrogens (tertiary/aromatic N) is 5. The van der Waals surface area contributed by atoms with Crippen molar-refractivity contribution >= 4 is 11.8 Å². The van der Waals surface area contributed by atoms with E-state index in [0.717, 1.165) is 18.5 Å². The van der Waals surface area contributed by atoms with Crippen LogP contribution in [-0.2, 0) is 19.5 Å². The molecule has 0 amide bonds. The zero-order chi connectivity index (χ0) is 21.7. The van der Waals surface area contributed by atoms with Gasteiger partial charge in [0.2, 0.25) is 0 Å². The van der Waals surface area contributed by atoms with Gasteiger partial charge in [0, 0.05) is 30.9 Å². The van der Waals surface area contributed by atoms with E-state index in [4.69, 9.17) is 0 Å². The normalized spacial score (nSPS) is 21.4. The van der Waals surface area contributed by atoms with Crippen molar-refractivity contribution in [3.63, 3.8) is 0 Å². The largest absolute Gasteiger partial charge is 0.395 e. The monoisotopic (exact) mass is 440 g/mol. The SMILES string of the molecule is Cc1cn(C2CC(O)[C@@H](CO)S2)c(=O)n(CCCCCc2cn(CC[18F])nn2)c1=O. The van der Waals surface area contributed by atoms with Crippen LogP contribution in [0.1, 0.15) is 42.3 Å². The fraction of sp³-hybridized carbons (Fsp3) is 0.684. The van der Waals surface area contributed by atoms with Crippen molar-refractivity contribution in [3.05, 3.63) is 44.5 Å². The highest BCUT2D eigenvalue weighted by Crippen LogP contribution is 2.40. The van der Waals surface area contributed by atoms with Gasteiger partial charge in [-0.05, 0) is 26.2 Å². The van der Waals surface area contributed by atoms with Gasteiger partial charge in [0.05, 0.1) is 35.6 Å². The van der Waals surface area contributed by atoms with Gasteiger partial charge in [0.25, 0.3) is 5.56 Å². The number of halogens is 1. The van der Waals surface area contributed by atoms with Crippen molar-refractivity contribution < 1.29 is 14.6 Å². The van der Waals surface area contributed by atoms with Crippen molar-refractivity contribution in [2.75, 3.05) is 13.3 Å². The quantitative estimate of drug-likeness (QED) is 0.521. The molecule has 0 radical (unpaired) electrons. The summed E-state index contributed by atoms with van der Waals surface area (Å²) in [5, 5.41) is 26.6. The third-order valence-electron chi connectivity index (χ3n) is 5.28. The molecule has 1 saturated heterocycles. The molecule has 1 aliphatic heterocycles. The Morgan fingerprint density at radius 2 is 2.03 bits per heavy atom. The minimum absolute atomic E-state index is 0.156. The van der Waals surface area contributed by atoms with Crippen LogP contribution in [0.5, 0.6) is 0 Å². The van der Waals surface area contributed by atoms with E-state index in [1.54, 1.807) is 19.3 Å². The van der Waals surface area contributed by atoms with Crippen LogP contribution in [0.15, 0.2) is 22.0 Å². The molecule has 1 aliphatic rings. The summed E-state index contributed by atoms with van der Waals surface area (Å²) in [7, 11) is 0. The number of aromatic nitrogens is 5. The summed E-state index contributed by atoms with van der Waals surface area (Å²) in [4.78, 5) is 25.4. The Morgan fingerprint density at radius 1 is 1.23 bits per heavy atom. The topological polar surface area (TPSA) is 115 Å². The van der Waals surface area contributed by atoms with Crippen molar-refractivity contribution in [2.24, 2.45) is 0 Å². The van der Waals surface area contributed by atoms with E-state index in [2.05, 4.69) is 10.3 Å². The van der Waals surface area contributed by atoms with Crippen molar-refractivity contribution in [1.29, 1.82) is 0 Å². The highest BCUT2D eigenvalue weighted by molar-refractivity contribution is 8.00. The zero-order valence-electron chi connectivity index (χ0n) is 17.0. The highest BCUT2D eigenvalue weighted by atomic mass is 32.2. The molecule has 2 aromatic heterocycles. The lowest BCUT2D eigenvalue weighted by Crippen LogP contribution is -2.41. The first-order chi connectivity index (χ1) is 14.4. The average molecular weight is 441 g/mol. The molecule has 2 aromatic rings. The Labute approximate surface area is 177 Å². The number of unbranched alkanes of at least 4 members (excludes halogenated alkanes) is 2. The second-order valence-corrected chi connectivity index (χ2v) is 8.97. The van der Waals surface area contributed by atoms with Gasteiger partial charge < -0.3 is 10.2 Å². The fourth-order valence-corrected chi connectivity index (χ4v) is 4.99. The Morgan fingerprint density at radius 3 is 2.73 bits per heavy atom. The van der Waals surface area contributed by atoms with E-state index in [1.165, 1.54) is 25.6 Å². The molecule has 9 nitrogen and oxygen atoms in total. The molecule has 0 aromatic carbocycles. The van der Waals surface area contributed by atoms with Gasteiger partial charge in [0.15, 0.2) is 0 Å². The number of hydrogen-bond donors (Lipinski definition) is 2. The first-order valence-electron chi connectivity index (χ1n) is 10.2. The lowest BCUT2D eigenvalue weighted by Gasteiger charge is -2.16. The molecule has 11 heteroatoms. The minimum Gasteiger partial charge on any atom is -0.395 e. The van der Waals surface area contributed by atoms with Gasteiger partial charge in [-0.25, -0.2) is 13.9 Å². The van der Waals surface area contributed by atoms with Crippen molar-refractivity contribution in [1.82, 2.24) is 24.1 Å². The summed E-state index contributed by atoms with van der Waals surface area (Å²) in [6.45, 7) is 1.55. The van der Waals surface area contributed by atoms with E-state index in [-0.39, 0.29) is 35.0 Å². The van der Waals surface area contributed by atoms with Crippen molar-refractivity contribution in [2.45, 2.75) is 68.8 Å². The Kier molecular flexibility index (Phi) is 7.84. The number of aliphatic hydroxyl groups excluding tert-OH is 2. The standard InChI is InChI=1S/C19H28FN5O4S/c1-13-10-25(17-9-15(27)16(12-26)30-17)19(29)24(18(13)28)7-4-2-3-5-14-11-23(8-6-20)22-21-14/h10-11,15-17,26-27H,2-9,12H2,1H3/t15?,16-,17?/m1/s1/i20-1. The Balaban J connectivity index is 1.59. The maximum atomic E-state index is 12.9. The number of rotatable bonds is 10. The number of hydrogen-bond acceptors (Lipinski definition) is 7. The van der Waals surface area contributed by atoms with Crippen LogP contribution in [0.2, 0.25) is 0 Å². The molecule has 3 atom stereocenters. The van der Waals surface area contributed by atoms with E-state index < -0.39 is 12.8 Å². The van der Waals surface area contributed by atoms with E-state index in [0.29, 0.717) is 31.4 Å². The Hall–Kier alpha value is -1.98. The van der Waals surface area contributed by atoms with Gasteiger partial charge >= 0.3 is 5.69 Å². The molecular formula is C19H28FN5O4S. The van der Waals surface area contributed by atoms with Crippen molar-refractivity contribution in [3.8, 4) is 0 Å². The zero-order valence-corrected chi connectivity index (χ0v) is 17.8. The molecule has 166 valence electrons. The maximum absolute atomic E-state index is 12.9. The van der Waals surface area contributed by atoms with Gasteiger partial charge in [-0.15, -0.1) is 16.9 Å². The first-order valence-corrected chi connectivity index (χ1v) is 11.1. The van der Waals surface area contributed by atoms with Crippen LogP contribution < -0.4 is 11.2 Å². The lowest BCUT2D eigenvalue weighted by atomic mass is 10.1. The van der Waals surface area contributed by atoms with Gasteiger partial charge in [0.1, 0.15) is 6.67 Å². The fourth-order valence-electron chi connectivity index (χ4n) is 3.61. The summed E-state index contributed by atoms with van der Waals surface area (Å²) >= 11 is 1.35. The molecule has 2 N–H and O–H groups in total. The van der Waals surface area contributed by atoms with E-state index in [1.807, 2.05) is 0 Å². The summed E-state index contributed by atoms with van der Waals surface area (Å²) in [5.41, 5.74) is 0.589. The molecule has 0 bridgehead atoms. The highest BCUT2D eigenvalue weighted by Gasteiger charge is 2.35. The van der Waals surface area contributed by atoms with Crippen LogP contribution in [0.25, 0.3) is 0 Å². The second-order valence-electron chi connectivity index (χ2n) is 7.55. The lowest BCUT2D eigenvalue weighted by molar-refractivity contribution is 0.137. The van der Waals surface area contributed by atoms with Gasteiger partial charge in [-0.1, -0.05) is 11.6 Å². The minimum atomic E-state index is -0.680. The summed E-state index contributed by atoms with van der Waals surface area (Å²) < 4.78 is 16.5. The predicted molar refractivity (Wildman–Crippen MR) is 111 cm³/mol. The molecule has 0 aliphatic carbocycles. The summed E-state index contributed by atoms with van der Waals surface area (Å²) in [5.74, 6) is 0. The number of thioether (sulfide) groups is 1. The average Bonchev–Trinajstić information content (AvgIpc) is 3.33. The van der Waals surface area contributed by atoms with Gasteiger partial charge in [-0.3, -0.25) is 13.9 Å². The van der Waals surface area contributed by atoms with Crippen LogP contribution in [0.4, 0.5) is 4.39 Å². The molecule has 2 unspecified atom stereocenters. The molecule has 0 saturated carbocycles.